The minimum Gasteiger partial charge on any atom is -0.379 e. The Kier molecular flexibility index (Phi) is 3.29. The first-order valence-electron chi connectivity index (χ1n) is 6.99. The second-order valence-electron chi connectivity index (χ2n) is 5.66. The molecule has 0 spiro atoms. The van der Waals surface area contributed by atoms with Gasteiger partial charge in [0.25, 0.3) is 5.91 Å². The van der Waals surface area contributed by atoms with Crippen LogP contribution in [0.1, 0.15) is 37.3 Å². The van der Waals surface area contributed by atoms with Crippen LogP contribution in [0.25, 0.3) is 0 Å². The van der Waals surface area contributed by atoms with Crippen molar-refractivity contribution in [3.63, 3.8) is 0 Å². The smallest absolute Gasteiger partial charge is 0.253 e. The van der Waals surface area contributed by atoms with Gasteiger partial charge in [-0.2, -0.15) is 0 Å². The SMILES string of the molecule is O=C(NC1CC1)C1(O)CCC(c2ccccc2)NC1. The summed E-state index contributed by atoms with van der Waals surface area (Å²) >= 11 is 0. The van der Waals surface area contributed by atoms with Gasteiger partial charge in [0.2, 0.25) is 0 Å². The molecule has 1 aliphatic carbocycles. The van der Waals surface area contributed by atoms with Gasteiger partial charge in [-0.05, 0) is 31.2 Å². The molecule has 4 heteroatoms. The van der Waals surface area contributed by atoms with Crippen LogP contribution in [-0.2, 0) is 4.79 Å². The van der Waals surface area contributed by atoms with E-state index in [9.17, 15) is 9.90 Å². The van der Waals surface area contributed by atoms with E-state index in [2.05, 4.69) is 22.8 Å². The molecule has 4 nitrogen and oxygen atoms in total. The number of benzene rings is 1. The number of β-amino-alcohol motifs (C(OH)–C–C–N with tert-alkyl or cyclic N) is 1. The number of carbonyl (C=O) groups is 1. The minimum atomic E-state index is -1.24. The number of carbonyl (C=O) groups excluding carboxylic acids is 1. The van der Waals surface area contributed by atoms with Gasteiger partial charge in [0.05, 0.1) is 0 Å². The number of amides is 1. The highest BCUT2D eigenvalue weighted by Crippen LogP contribution is 2.29. The van der Waals surface area contributed by atoms with Crippen molar-refractivity contribution in [1.82, 2.24) is 10.6 Å². The molecule has 0 bridgehead atoms. The van der Waals surface area contributed by atoms with Crippen LogP contribution < -0.4 is 10.6 Å². The molecular weight excluding hydrogens is 240 g/mol. The Bertz CT molecular complexity index is 448. The summed E-state index contributed by atoms with van der Waals surface area (Å²) in [5.74, 6) is -0.214. The Labute approximate surface area is 113 Å². The zero-order chi connectivity index (χ0) is 13.3. The van der Waals surface area contributed by atoms with Crippen molar-refractivity contribution >= 4 is 5.91 Å². The standard InChI is InChI=1S/C15H20N2O2/c18-14(17-12-6-7-12)15(19)9-8-13(16-10-15)11-4-2-1-3-5-11/h1-5,12-13,16,19H,6-10H2,(H,17,18). The molecule has 3 N–H and O–H groups in total. The molecule has 102 valence electrons. The Morgan fingerprint density at radius 1 is 1.26 bits per heavy atom. The maximum atomic E-state index is 12.0. The number of nitrogens with one attached hydrogen (secondary N) is 2. The summed E-state index contributed by atoms with van der Waals surface area (Å²) in [6.45, 7) is 0.325. The molecule has 2 aliphatic rings. The largest absolute Gasteiger partial charge is 0.379 e. The Morgan fingerprint density at radius 3 is 2.58 bits per heavy atom. The van der Waals surface area contributed by atoms with E-state index in [1.807, 2.05) is 18.2 Å². The van der Waals surface area contributed by atoms with Crippen molar-refractivity contribution in [2.45, 2.75) is 43.4 Å². The van der Waals surface area contributed by atoms with Gasteiger partial charge in [-0.15, -0.1) is 0 Å². The molecular formula is C15H20N2O2. The van der Waals surface area contributed by atoms with Crippen LogP contribution in [0.5, 0.6) is 0 Å². The molecule has 1 aliphatic heterocycles. The summed E-state index contributed by atoms with van der Waals surface area (Å²) in [5.41, 5.74) is -0.0272. The van der Waals surface area contributed by atoms with Crippen LogP contribution in [0, 0.1) is 0 Å². The molecule has 1 saturated heterocycles. The summed E-state index contributed by atoms with van der Waals surface area (Å²) in [5, 5.41) is 16.6. The highest BCUT2D eigenvalue weighted by Gasteiger charge is 2.41. The van der Waals surface area contributed by atoms with Gasteiger partial charge in [-0.3, -0.25) is 4.79 Å². The van der Waals surface area contributed by atoms with Crippen molar-refractivity contribution < 1.29 is 9.90 Å². The van der Waals surface area contributed by atoms with Crippen molar-refractivity contribution in [1.29, 1.82) is 0 Å². The Hall–Kier alpha value is -1.39. The monoisotopic (exact) mass is 260 g/mol. The van der Waals surface area contributed by atoms with E-state index < -0.39 is 5.60 Å². The molecule has 1 saturated carbocycles. The van der Waals surface area contributed by atoms with Crippen LogP contribution in [0.15, 0.2) is 30.3 Å². The van der Waals surface area contributed by atoms with Gasteiger partial charge in [0.1, 0.15) is 0 Å². The van der Waals surface area contributed by atoms with E-state index in [4.69, 9.17) is 0 Å². The fraction of sp³-hybridized carbons (Fsp3) is 0.533. The normalized spacial score (nSPS) is 30.9. The van der Waals surface area contributed by atoms with Crippen LogP contribution in [0.3, 0.4) is 0 Å². The third-order valence-corrected chi connectivity index (χ3v) is 4.02. The molecule has 2 atom stereocenters. The Morgan fingerprint density at radius 2 is 2.00 bits per heavy atom. The highest BCUT2D eigenvalue weighted by atomic mass is 16.3. The minimum absolute atomic E-state index is 0.214. The van der Waals surface area contributed by atoms with Crippen LogP contribution in [-0.4, -0.2) is 29.2 Å². The number of hydrogen-bond donors (Lipinski definition) is 3. The lowest BCUT2D eigenvalue weighted by Gasteiger charge is -2.36. The second-order valence-corrected chi connectivity index (χ2v) is 5.66. The van der Waals surface area contributed by atoms with Gasteiger partial charge >= 0.3 is 0 Å². The van der Waals surface area contributed by atoms with E-state index >= 15 is 0 Å². The van der Waals surface area contributed by atoms with E-state index in [1.165, 1.54) is 5.56 Å². The predicted octanol–water partition coefficient (Wildman–Crippen LogP) is 1.12. The lowest BCUT2D eigenvalue weighted by atomic mass is 9.87. The average Bonchev–Trinajstić information content (AvgIpc) is 3.24. The van der Waals surface area contributed by atoms with Gasteiger partial charge in [-0.25, -0.2) is 0 Å². The number of piperidine rings is 1. The van der Waals surface area contributed by atoms with Gasteiger partial charge < -0.3 is 15.7 Å². The second kappa shape index (κ2) is 4.94. The zero-order valence-corrected chi connectivity index (χ0v) is 10.9. The zero-order valence-electron chi connectivity index (χ0n) is 10.9. The van der Waals surface area contributed by atoms with Crippen molar-refractivity contribution in [2.24, 2.45) is 0 Å². The fourth-order valence-electron chi connectivity index (χ4n) is 2.58. The lowest BCUT2D eigenvalue weighted by Crippen LogP contribution is -2.56. The molecule has 0 aromatic heterocycles. The highest BCUT2D eigenvalue weighted by molar-refractivity contribution is 5.85. The summed E-state index contributed by atoms with van der Waals surface area (Å²) in [6.07, 6.45) is 3.38. The number of aliphatic hydroxyl groups is 1. The number of hydrogen-bond acceptors (Lipinski definition) is 3. The van der Waals surface area contributed by atoms with E-state index in [0.29, 0.717) is 19.0 Å². The first kappa shape index (κ1) is 12.6. The van der Waals surface area contributed by atoms with Crippen molar-refractivity contribution in [3.8, 4) is 0 Å². The van der Waals surface area contributed by atoms with Gasteiger partial charge in [-0.1, -0.05) is 30.3 Å². The molecule has 1 heterocycles. The molecule has 1 amide bonds. The molecule has 2 unspecified atom stereocenters. The Balaban J connectivity index is 1.60. The summed E-state index contributed by atoms with van der Waals surface area (Å²) in [4.78, 5) is 12.0. The topological polar surface area (TPSA) is 61.4 Å². The molecule has 19 heavy (non-hydrogen) atoms. The maximum absolute atomic E-state index is 12.0. The quantitative estimate of drug-likeness (QED) is 0.763. The molecule has 0 radical (unpaired) electrons. The molecule has 3 rings (SSSR count). The first-order chi connectivity index (χ1) is 9.17. The van der Waals surface area contributed by atoms with Crippen LogP contribution >= 0.6 is 0 Å². The van der Waals surface area contributed by atoms with Gasteiger partial charge in [0.15, 0.2) is 5.60 Å². The first-order valence-corrected chi connectivity index (χ1v) is 6.99. The van der Waals surface area contributed by atoms with Gasteiger partial charge in [0, 0.05) is 18.6 Å². The molecule has 1 aromatic rings. The molecule has 2 fully saturated rings. The predicted molar refractivity (Wildman–Crippen MR) is 72.5 cm³/mol. The summed E-state index contributed by atoms with van der Waals surface area (Å²) in [7, 11) is 0. The average molecular weight is 260 g/mol. The summed E-state index contributed by atoms with van der Waals surface area (Å²) < 4.78 is 0. The molecule has 1 aromatic carbocycles. The van der Waals surface area contributed by atoms with E-state index in [-0.39, 0.29) is 11.9 Å². The van der Waals surface area contributed by atoms with Crippen molar-refractivity contribution in [2.75, 3.05) is 6.54 Å². The van der Waals surface area contributed by atoms with Crippen LogP contribution in [0.2, 0.25) is 0 Å². The third-order valence-electron chi connectivity index (χ3n) is 4.02. The fourth-order valence-corrected chi connectivity index (χ4v) is 2.58. The van der Waals surface area contributed by atoms with Crippen molar-refractivity contribution in [3.05, 3.63) is 35.9 Å². The number of rotatable bonds is 3. The summed E-state index contributed by atoms with van der Waals surface area (Å²) in [6, 6.07) is 10.7. The van der Waals surface area contributed by atoms with E-state index in [0.717, 1.165) is 19.3 Å². The van der Waals surface area contributed by atoms with E-state index in [1.54, 1.807) is 0 Å². The van der Waals surface area contributed by atoms with Crippen LogP contribution in [0.4, 0.5) is 0 Å². The lowest BCUT2D eigenvalue weighted by molar-refractivity contribution is -0.142. The maximum Gasteiger partial charge on any atom is 0.253 e. The third kappa shape index (κ3) is 2.80.